The first-order chi connectivity index (χ1) is 70.6. The number of nitrogens with zero attached hydrogens (tertiary/aromatic N) is 21. The van der Waals surface area contributed by atoms with Crippen molar-refractivity contribution in [3.63, 3.8) is 0 Å². The molecule has 4 atom stereocenters. The van der Waals surface area contributed by atoms with E-state index in [1.54, 1.807) is 30.9 Å². The van der Waals surface area contributed by atoms with Crippen LogP contribution in [-0.2, 0) is 35.7 Å². The summed E-state index contributed by atoms with van der Waals surface area (Å²) in [4.78, 5) is 83.9. The van der Waals surface area contributed by atoms with Gasteiger partial charge in [0, 0.05) is 283 Å². The van der Waals surface area contributed by atoms with Crippen LogP contribution in [0, 0.1) is 25.7 Å². The van der Waals surface area contributed by atoms with E-state index in [1.807, 2.05) is 77.6 Å². The number of hydrogen-bond acceptors (Lipinski definition) is 23. The number of morpholine rings is 1. The van der Waals surface area contributed by atoms with E-state index < -0.39 is 0 Å². The van der Waals surface area contributed by atoms with E-state index in [9.17, 15) is 19.2 Å². The SMILES string of the molecule is C=C(C)Nc1ccn(C(=O)N2CCC3(CCCN3Cc3ccc(C)cc3N3CC4COCC4C3)CC2)n1.C=C(C)Nc1ccn(C(=O)N2CCC3(CCCN3Cc3ccc(C)cc3N3CCN(CC)CC3)CC2)n1.C=C(C)Nc1ccn(C(=O)N2CCC3(CCCN3Cc3ccc(Cl)cc3N3CC4CCC(C3)O4)CC2)n1.C=C(C)Nc1ccn(C(=O)N2CCC3(CCCN3Cc3ccc(Cl)cc3N3CCCCC3)CC2)n1. The molecule has 0 radical (unpaired) electrons. The van der Waals surface area contributed by atoms with E-state index in [1.165, 1.54) is 145 Å². The predicted octanol–water partition coefficient (Wildman–Crippen LogP) is 19.2. The van der Waals surface area contributed by atoms with Crippen molar-refractivity contribution in [2.45, 2.75) is 244 Å². The Labute approximate surface area is 874 Å². The van der Waals surface area contributed by atoms with E-state index in [0.29, 0.717) is 47.3 Å². The molecule has 4 amide bonds. The molecule has 8 aromatic rings. The summed E-state index contributed by atoms with van der Waals surface area (Å²) in [5, 5.41) is 31.4. The van der Waals surface area contributed by atoms with Crippen LogP contribution in [0.3, 0.4) is 0 Å². The third-order valence-corrected chi connectivity index (χ3v) is 34.6. The second kappa shape index (κ2) is 45.8. The fourth-order valence-corrected chi connectivity index (χ4v) is 26.6. The lowest BCUT2D eigenvalue weighted by molar-refractivity contribution is 0.0301. The van der Waals surface area contributed by atoms with Gasteiger partial charge in [-0.2, -0.15) is 18.7 Å². The monoisotopic (exact) mass is 2030 g/mol. The molecule has 14 aliphatic heterocycles. The van der Waals surface area contributed by atoms with Gasteiger partial charge in [-0.25, -0.2) is 19.2 Å². The molecule has 4 aromatic heterocycles. The van der Waals surface area contributed by atoms with Crippen LogP contribution in [0.1, 0.15) is 203 Å². The van der Waals surface area contributed by atoms with E-state index in [-0.39, 0.29) is 46.3 Å². The van der Waals surface area contributed by atoms with Gasteiger partial charge in [0.1, 0.15) is 0 Å². The Balaban J connectivity index is 0.000000123. The largest absolute Gasteiger partial charge is 0.381 e. The number of nitrogens with one attached hydrogen (secondary N) is 4. The molecule has 2 bridgehead atoms. The summed E-state index contributed by atoms with van der Waals surface area (Å²) in [6.07, 6.45) is 31.5. The fraction of sp³-hybridized carbons (Fsp3) is 0.575. The molecular formula is C113H157Cl2N25O6. The van der Waals surface area contributed by atoms with Crippen LogP contribution in [-0.4, -0.2) is 305 Å². The Kier molecular flexibility index (Phi) is 32.5. The molecule has 4 aromatic carbocycles. The number of carbonyl (C=O) groups is 4. The highest BCUT2D eigenvalue weighted by atomic mass is 35.5. The van der Waals surface area contributed by atoms with Crippen LogP contribution >= 0.6 is 23.2 Å². The molecule has 31 nitrogen and oxygen atoms in total. The van der Waals surface area contributed by atoms with Gasteiger partial charge >= 0.3 is 24.1 Å². The highest BCUT2D eigenvalue weighted by molar-refractivity contribution is 6.31. The first-order valence-corrected chi connectivity index (χ1v) is 55.2. The lowest BCUT2D eigenvalue weighted by atomic mass is 9.84. The highest BCUT2D eigenvalue weighted by Gasteiger charge is 2.50. The summed E-state index contributed by atoms with van der Waals surface area (Å²) >= 11 is 12.9. The van der Waals surface area contributed by atoms with Crippen molar-refractivity contribution in [1.29, 1.82) is 0 Å². The molecule has 4 unspecified atom stereocenters. The zero-order valence-corrected chi connectivity index (χ0v) is 89.1. The van der Waals surface area contributed by atoms with Gasteiger partial charge in [-0.1, -0.05) is 92.8 Å². The highest BCUT2D eigenvalue weighted by Crippen LogP contribution is 2.48. The number of aryl methyl sites for hydroxylation is 2. The van der Waals surface area contributed by atoms with Crippen molar-refractivity contribution >= 4 is 93.3 Å². The zero-order chi connectivity index (χ0) is 102. The van der Waals surface area contributed by atoms with Gasteiger partial charge in [-0.05, 0) is 279 Å². The third kappa shape index (κ3) is 23.9. The third-order valence-electron chi connectivity index (χ3n) is 34.2. The number of amides is 4. The summed E-state index contributed by atoms with van der Waals surface area (Å²) in [5.41, 5.74) is 17.6. The number of fused-ring (bicyclic) bond motifs is 3. The maximum atomic E-state index is 13.1. The zero-order valence-electron chi connectivity index (χ0n) is 87.6. The normalized spacial score (nSPS) is 22.8. The second-order valence-corrected chi connectivity index (χ2v) is 45.3. The van der Waals surface area contributed by atoms with E-state index >= 15 is 0 Å². The number of hydrogen-bond donors (Lipinski definition) is 4. The van der Waals surface area contributed by atoms with Crippen molar-refractivity contribution in [2.24, 2.45) is 11.8 Å². The van der Waals surface area contributed by atoms with Crippen molar-refractivity contribution in [3.05, 3.63) is 214 Å². The minimum Gasteiger partial charge on any atom is -0.381 e. The molecule has 784 valence electrons. The molecule has 4 spiro atoms. The number of allylic oxidation sites excluding steroid dienone is 4. The number of anilines is 8. The topological polar surface area (TPSA) is 248 Å². The number of carbonyl (C=O) groups excluding carboxylic acids is 4. The maximum absolute atomic E-state index is 13.1. The summed E-state index contributed by atoms with van der Waals surface area (Å²) < 4.78 is 17.6. The van der Waals surface area contributed by atoms with Crippen LogP contribution in [0.5, 0.6) is 0 Å². The number of piperazine rings is 1. The molecule has 33 heteroatoms. The molecule has 14 aliphatic rings. The fourth-order valence-electron chi connectivity index (χ4n) is 26.2. The van der Waals surface area contributed by atoms with E-state index in [4.69, 9.17) is 32.7 Å². The number of rotatable bonds is 21. The summed E-state index contributed by atoms with van der Waals surface area (Å²) in [5.74, 6) is 3.95. The summed E-state index contributed by atoms with van der Waals surface area (Å²) in [6, 6.07) is 33.9. The molecule has 146 heavy (non-hydrogen) atoms. The van der Waals surface area contributed by atoms with Gasteiger partial charge in [0.15, 0.2) is 23.3 Å². The molecule has 14 fully saturated rings. The average Bonchev–Trinajstić information content (AvgIpc) is 1.61. The molecule has 14 saturated heterocycles. The van der Waals surface area contributed by atoms with Crippen molar-refractivity contribution < 1.29 is 28.7 Å². The Morgan fingerprint density at radius 3 is 0.966 bits per heavy atom. The Morgan fingerprint density at radius 1 is 0.349 bits per heavy atom. The standard InChI is InChI=1S/C29H43N7O.C29H40N6O2.C28H37ClN6O2.C27H37ClN6O/c1-5-32-17-19-33(20-18-32)26-21-24(4)7-8-25(26)22-35-13-6-10-29(35)11-15-34(16-12-29)28(37)36-14-9-27(31-36)30-23(2)3;1-21(2)30-27-7-12-35(31-27)28(36)32-13-9-29(10-14-32)8-4-11-34(29)18-23-6-5-22(3)15-26(23)33-16-24-19-37-20-25(24)17-33;1-20(2)30-26-8-13-35(31-26)27(36)32-14-10-28(11-15-32)9-3-12-34(28)17-21-4-5-22(29)16-25(21)33-18-23-6-7-24(19-33)37-23;1-21(2)29-25-9-16-34(30-25)26(35)32-17-11-27(12-18-32)10-6-15-33(27)20-22-7-8-23(28)19-24(22)31-13-4-3-5-14-31/h7-9,14,21H,2,5-6,10-13,15-20,22H2,1,3-4H3,(H,30,31);5-7,12,15,24-25H,1,4,8-11,13-14,16-20H2,2-3H3,(H,30,31);4-5,8,13,16,23-24H,1,3,6-7,9-12,14-15,17-19H2,2H3,(H,30,31);7-9,16,19H,1,3-6,10-15,17-18,20H2,2H3,(H,29,30). The quantitative estimate of drug-likeness (QED) is 0.0522. The molecule has 0 aliphatic carbocycles. The van der Waals surface area contributed by atoms with Gasteiger partial charge in [-0.3, -0.25) is 19.6 Å². The number of aromatic nitrogens is 8. The van der Waals surface area contributed by atoms with Gasteiger partial charge < -0.3 is 74.8 Å². The van der Waals surface area contributed by atoms with Crippen molar-refractivity contribution in [1.82, 2.24) is 83.2 Å². The van der Waals surface area contributed by atoms with Gasteiger partial charge in [0.05, 0.1) is 25.4 Å². The van der Waals surface area contributed by atoms with Crippen LogP contribution in [0.2, 0.25) is 10.0 Å². The summed E-state index contributed by atoms with van der Waals surface area (Å²) in [7, 11) is 0. The van der Waals surface area contributed by atoms with E-state index in [0.717, 1.165) is 287 Å². The number of likely N-dealkylation sites (N-methyl/N-ethyl adjacent to an activating group) is 1. The van der Waals surface area contributed by atoms with Gasteiger partial charge in [-0.15, -0.1) is 20.4 Å². The maximum Gasteiger partial charge on any atom is 0.344 e. The lowest BCUT2D eigenvalue weighted by Gasteiger charge is -2.45. The Bertz CT molecular complexity index is 5910. The van der Waals surface area contributed by atoms with E-state index in [2.05, 4.69) is 194 Å². The Hall–Kier alpha value is -10.7. The first-order valence-electron chi connectivity index (χ1n) is 54.4. The van der Waals surface area contributed by atoms with Crippen LogP contribution in [0.25, 0.3) is 0 Å². The van der Waals surface area contributed by atoms with Crippen LogP contribution < -0.4 is 40.9 Å². The number of halogens is 2. The minimum atomic E-state index is -0.0592. The number of benzene rings is 4. The van der Waals surface area contributed by atoms with Crippen LogP contribution in [0.4, 0.5) is 65.2 Å². The van der Waals surface area contributed by atoms with Crippen LogP contribution in [0.15, 0.2) is 171 Å². The minimum absolute atomic E-state index is 0.0406. The molecule has 22 rings (SSSR count). The number of ether oxygens (including phenoxy) is 2. The molecule has 4 N–H and O–H groups in total. The predicted molar refractivity (Wildman–Crippen MR) is 584 cm³/mol. The van der Waals surface area contributed by atoms with Crippen molar-refractivity contribution in [3.8, 4) is 0 Å². The van der Waals surface area contributed by atoms with Gasteiger partial charge in [0.25, 0.3) is 0 Å². The van der Waals surface area contributed by atoms with Crippen molar-refractivity contribution in [2.75, 3.05) is 205 Å². The number of piperidine rings is 5. The molecular weight excluding hydrogens is 1870 g/mol. The Morgan fingerprint density at radius 2 is 0.644 bits per heavy atom. The smallest absolute Gasteiger partial charge is 0.344 e. The molecule has 18 heterocycles. The van der Waals surface area contributed by atoms with Gasteiger partial charge in [0.2, 0.25) is 0 Å². The average molecular weight is 2030 g/mol. The lowest BCUT2D eigenvalue weighted by Crippen LogP contribution is -2.53. The second-order valence-electron chi connectivity index (χ2n) is 44.4. The first kappa shape index (κ1) is 104. The summed E-state index contributed by atoms with van der Waals surface area (Å²) in [6.45, 7) is 57.8. The number of likely N-dealkylation sites (tertiary alicyclic amines) is 8. The molecule has 0 saturated carbocycles.